The molecule has 1 aromatic heterocycles. The monoisotopic (exact) mass is 269 g/mol. The second-order valence-electron chi connectivity index (χ2n) is 4.94. The van der Waals surface area contributed by atoms with Crippen molar-refractivity contribution >= 4 is 5.82 Å². The minimum absolute atomic E-state index is 0.0151. The summed E-state index contributed by atoms with van der Waals surface area (Å²) in [5.41, 5.74) is 0.617. The standard InChI is InChI=1S/C15H19N5/c1-2-4-14(12-17)19-7-9-20(10-8-19)15-13(11-16)5-3-6-18-15/h3,5-6,14H,2,4,7-10H2,1H3. The Morgan fingerprint density at radius 2 is 2.05 bits per heavy atom. The second kappa shape index (κ2) is 6.88. The van der Waals surface area contributed by atoms with E-state index in [9.17, 15) is 5.26 Å². The molecule has 1 aliphatic heterocycles. The third kappa shape index (κ3) is 3.07. The van der Waals surface area contributed by atoms with E-state index < -0.39 is 0 Å². The van der Waals surface area contributed by atoms with Crippen molar-refractivity contribution in [3.8, 4) is 12.1 Å². The number of nitriles is 2. The van der Waals surface area contributed by atoms with E-state index in [4.69, 9.17) is 5.26 Å². The first kappa shape index (κ1) is 14.3. The first-order valence-electron chi connectivity index (χ1n) is 7.04. The quantitative estimate of drug-likeness (QED) is 0.833. The van der Waals surface area contributed by atoms with Gasteiger partial charge in [-0.05, 0) is 18.6 Å². The van der Waals surface area contributed by atoms with Crippen molar-refractivity contribution in [1.82, 2.24) is 9.88 Å². The number of hydrogen-bond donors (Lipinski definition) is 0. The maximum absolute atomic E-state index is 9.21. The van der Waals surface area contributed by atoms with Crippen LogP contribution in [-0.4, -0.2) is 42.1 Å². The molecule has 1 aromatic rings. The predicted molar refractivity (Wildman–Crippen MR) is 77.0 cm³/mol. The molecule has 1 aliphatic rings. The molecular formula is C15H19N5. The zero-order valence-electron chi connectivity index (χ0n) is 11.8. The molecular weight excluding hydrogens is 250 g/mol. The lowest BCUT2D eigenvalue weighted by atomic mass is 10.1. The van der Waals surface area contributed by atoms with E-state index >= 15 is 0 Å². The number of pyridine rings is 1. The Kier molecular flexibility index (Phi) is 4.92. The SMILES string of the molecule is CCCC(C#N)N1CCN(c2ncccc2C#N)CC1. The van der Waals surface area contributed by atoms with E-state index in [-0.39, 0.29) is 6.04 Å². The van der Waals surface area contributed by atoms with Gasteiger partial charge in [0.15, 0.2) is 0 Å². The van der Waals surface area contributed by atoms with Crippen LogP contribution in [0.5, 0.6) is 0 Å². The summed E-state index contributed by atoms with van der Waals surface area (Å²) in [5, 5.41) is 18.3. The van der Waals surface area contributed by atoms with Crippen molar-refractivity contribution in [2.45, 2.75) is 25.8 Å². The summed E-state index contributed by atoms with van der Waals surface area (Å²) in [4.78, 5) is 8.68. The van der Waals surface area contributed by atoms with Crippen LogP contribution in [0.15, 0.2) is 18.3 Å². The highest BCUT2D eigenvalue weighted by Crippen LogP contribution is 2.19. The van der Waals surface area contributed by atoms with Crippen molar-refractivity contribution in [3.63, 3.8) is 0 Å². The molecule has 0 N–H and O–H groups in total. The molecule has 1 atom stereocenters. The van der Waals surface area contributed by atoms with Gasteiger partial charge in [0.05, 0.1) is 17.7 Å². The molecule has 0 saturated carbocycles. The zero-order valence-corrected chi connectivity index (χ0v) is 11.8. The van der Waals surface area contributed by atoms with Crippen molar-refractivity contribution in [2.24, 2.45) is 0 Å². The van der Waals surface area contributed by atoms with E-state index in [0.717, 1.165) is 44.8 Å². The molecule has 5 heteroatoms. The molecule has 0 amide bonds. The molecule has 1 unspecified atom stereocenters. The van der Waals surface area contributed by atoms with Crippen LogP contribution in [0.2, 0.25) is 0 Å². The van der Waals surface area contributed by atoms with Gasteiger partial charge >= 0.3 is 0 Å². The number of hydrogen-bond acceptors (Lipinski definition) is 5. The van der Waals surface area contributed by atoms with Crippen molar-refractivity contribution in [1.29, 1.82) is 10.5 Å². The summed E-state index contributed by atoms with van der Waals surface area (Å²) in [6.07, 6.45) is 3.67. The molecule has 0 spiro atoms. The lowest BCUT2D eigenvalue weighted by molar-refractivity contribution is 0.211. The molecule has 1 fully saturated rings. The molecule has 0 aromatic carbocycles. The topological polar surface area (TPSA) is 67.0 Å². The van der Waals surface area contributed by atoms with Gasteiger partial charge in [-0.15, -0.1) is 0 Å². The Bertz CT molecular complexity index is 520. The zero-order chi connectivity index (χ0) is 14.4. The van der Waals surface area contributed by atoms with Crippen LogP contribution in [0.1, 0.15) is 25.3 Å². The first-order valence-corrected chi connectivity index (χ1v) is 7.04. The highest BCUT2D eigenvalue weighted by Gasteiger charge is 2.24. The van der Waals surface area contributed by atoms with Crippen LogP contribution in [0.4, 0.5) is 5.82 Å². The van der Waals surface area contributed by atoms with Gasteiger partial charge in [-0.1, -0.05) is 13.3 Å². The average molecular weight is 269 g/mol. The Hall–Kier alpha value is -2.11. The van der Waals surface area contributed by atoms with Gasteiger partial charge in [0.25, 0.3) is 0 Å². The third-order valence-corrected chi connectivity index (χ3v) is 3.67. The minimum Gasteiger partial charge on any atom is -0.353 e. The maximum Gasteiger partial charge on any atom is 0.146 e. The van der Waals surface area contributed by atoms with Gasteiger partial charge in [-0.2, -0.15) is 10.5 Å². The fourth-order valence-corrected chi connectivity index (χ4v) is 2.58. The average Bonchev–Trinajstić information content (AvgIpc) is 2.53. The van der Waals surface area contributed by atoms with Crippen LogP contribution in [0.25, 0.3) is 0 Å². The highest BCUT2D eigenvalue weighted by molar-refractivity contribution is 5.53. The normalized spacial score (nSPS) is 17.2. The fourth-order valence-electron chi connectivity index (χ4n) is 2.58. The van der Waals surface area contributed by atoms with E-state index in [1.807, 2.05) is 0 Å². The summed E-state index contributed by atoms with van der Waals surface area (Å²) >= 11 is 0. The number of aromatic nitrogens is 1. The molecule has 2 rings (SSSR count). The van der Waals surface area contributed by atoms with E-state index in [0.29, 0.717) is 5.56 Å². The lowest BCUT2D eigenvalue weighted by Crippen LogP contribution is -2.50. The molecule has 0 bridgehead atoms. The van der Waals surface area contributed by atoms with Crippen LogP contribution in [-0.2, 0) is 0 Å². The van der Waals surface area contributed by atoms with Gasteiger partial charge < -0.3 is 4.90 Å². The summed E-state index contributed by atoms with van der Waals surface area (Å²) in [5.74, 6) is 0.763. The minimum atomic E-state index is 0.0151. The molecule has 104 valence electrons. The number of rotatable bonds is 4. The molecule has 0 aliphatic carbocycles. The van der Waals surface area contributed by atoms with Crippen LogP contribution >= 0.6 is 0 Å². The Morgan fingerprint density at radius 1 is 1.30 bits per heavy atom. The highest BCUT2D eigenvalue weighted by atomic mass is 15.3. The van der Waals surface area contributed by atoms with Gasteiger partial charge in [0.1, 0.15) is 11.9 Å². The Morgan fingerprint density at radius 3 is 2.65 bits per heavy atom. The summed E-state index contributed by atoms with van der Waals surface area (Å²) in [6, 6.07) is 8.17. The van der Waals surface area contributed by atoms with E-state index in [1.54, 1.807) is 18.3 Å². The fraction of sp³-hybridized carbons (Fsp3) is 0.533. The summed E-state index contributed by atoms with van der Waals surface area (Å²) < 4.78 is 0. The van der Waals surface area contributed by atoms with Crippen LogP contribution in [0, 0.1) is 22.7 Å². The molecule has 0 radical (unpaired) electrons. The van der Waals surface area contributed by atoms with E-state index in [2.05, 4.69) is 33.8 Å². The molecule has 5 nitrogen and oxygen atoms in total. The Labute approximate surface area is 120 Å². The number of nitrogens with zero attached hydrogens (tertiary/aromatic N) is 5. The Balaban J connectivity index is 2.01. The van der Waals surface area contributed by atoms with Crippen LogP contribution in [0.3, 0.4) is 0 Å². The van der Waals surface area contributed by atoms with Crippen molar-refractivity contribution < 1.29 is 0 Å². The molecule has 1 saturated heterocycles. The maximum atomic E-state index is 9.21. The van der Waals surface area contributed by atoms with Gasteiger partial charge in [0, 0.05) is 32.4 Å². The van der Waals surface area contributed by atoms with Crippen LogP contribution < -0.4 is 4.90 Å². The number of piperazine rings is 1. The van der Waals surface area contributed by atoms with Gasteiger partial charge in [-0.25, -0.2) is 4.98 Å². The predicted octanol–water partition coefficient (Wildman–Crippen LogP) is 1.77. The van der Waals surface area contributed by atoms with Gasteiger partial charge in [-0.3, -0.25) is 4.90 Å². The number of anilines is 1. The summed E-state index contributed by atoms with van der Waals surface area (Å²) in [7, 11) is 0. The molecule has 2 heterocycles. The van der Waals surface area contributed by atoms with Crippen molar-refractivity contribution in [2.75, 3.05) is 31.1 Å². The largest absolute Gasteiger partial charge is 0.353 e. The van der Waals surface area contributed by atoms with Gasteiger partial charge in [0.2, 0.25) is 0 Å². The van der Waals surface area contributed by atoms with Crippen molar-refractivity contribution in [3.05, 3.63) is 23.9 Å². The summed E-state index contributed by atoms with van der Waals surface area (Å²) in [6.45, 7) is 5.42. The third-order valence-electron chi connectivity index (χ3n) is 3.67. The second-order valence-corrected chi connectivity index (χ2v) is 4.94. The smallest absolute Gasteiger partial charge is 0.146 e. The lowest BCUT2D eigenvalue weighted by Gasteiger charge is -2.37. The molecule has 20 heavy (non-hydrogen) atoms. The van der Waals surface area contributed by atoms with E-state index in [1.165, 1.54) is 0 Å². The first-order chi connectivity index (χ1) is 9.80.